The normalized spacial score (nSPS) is 19.9. The highest BCUT2D eigenvalue weighted by atomic mass is 16.5. The molecule has 0 saturated carbocycles. The Morgan fingerprint density at radius 1 is 1.42 bits per heavy atom. The van der Waals surface area contributed by atoms with Gasteiger partial charge in [0.15, 0.2) is 0 Å². The van der Waals surface area contributed by atoms with E-state index in [1.54, 1.807) is 0 Å². The minimum absolute atomic E-state index is 0.532. The Morgan fingerprint density at radius 3 is 2.84 bits per heavy atom. The predicted molar refractivity (Wildman–Crippen MR) is 81.1 cm³/mol. The molecule has 106 valence electrons. The van der Waals surface area contributed by atoms with E-state index in [4.69, 9.17) is 4.74 Å². The molecule has 0 radical (unpaired) electrons. The van der Waals surface area contributed by atoms with Crippen molar-refractivity contribution in [2.45, 2.75) is 46.2 Å². The van der Waals surface area contributed by atoms with Crippen LogP contribution in [0.3, 0.4) is 0 Å². The summed E-state index contributed by atoms with van der Waals surface area (Å²) in [6.07, 6.45) is 1.21. The third kappa shape index (κ3) is 3.63. The van der Waals surface area contributed by atoms with Crippen LogP contribution in [0.25, 0.3) is 0 Å². The molecule has 1 aromatic rings. The molecule has 1 N–H and O–H groups in total. The van der Waals surface area contributed by atoms with Crippen molar-refractivity contribution in [1.29, 1.82) is 0 Å². The number of ether oxygens (including phenoxy) is 1. The van der Waals surface area contributed by atoms with E-state index < -0.39 is 0 Å². The van der Waals surface area contributed by atoms with E-state index in [1.807, 2.05) is 6.92 Å². The summed E-state index contributed by atoms with van der Waals surface area (Å²) < 4.78 is 5.73. The topological polar surface area (TPSA) is 24.5 Å². The Bertz CT molecular complexity index is 417. The van der Waals surface area contributed by atoms with Crippen molar-refractivity contribution in [3.8, 4) is 5.75 Å². The van der Waals surface area contributed by atoms with Crippen LogP contribution in [0.2, 0.25) is 0 Å². The van der Waals surface area contributed by atoms with Crippen LogP contribution in [0.5, 0.6) is 5.75 Å². The molecule has 1 aromatic carbocycles. The lowest BCUT2D eigenvalue weighted by atomic mass is 10.2. The van der Waals surface area contributed by atoms with Crippen LogP contribution in [-0.4, -0.2) is 36.7 Å². The summed E-state index contributed by atoms with van der Waals surface area (Å²) in [7, 11) is 0. The molecule has 0 bridgehead atoms. The lowest BCUT2D eigenvalue weighted by molar-refractivity contribution is 0.274. The second-order valence-corrected chi connectivity index (χ2v) is 5.65. The molecule has 1 atom stereocenters. The van der Waals surface area contributed by atoms with Gasteiger partial charge in [0.05, 0.1) is 12.3 Å². The largest absolute Gasteiger partial charge is 0.492 e. The highest BCUT2D eigenvalue weighted by molar-refractivity contribution is 5.58. The number of anilines is 1. The number of nitrogens with zero attached hydrogens (tertiary/aromatic N) is 1. The fourth-order valence-corrected chi connectivity index (χ4v) is 2.62. The Morgan fingerprint density at radius 2 is 2.21 bits per heavy atom. The summed E-state index contributed by atoms with van der Waals surface area (Å²) >= 11 is 0. The minimum Gasteiger partial charge on any atom is -0.492 e. The first kappa shape index (κ1) is 14.2. The van der Waals surface area contributed by atoms with Crippen LogP contribution in [-0.2, 0) is 0 Å². The Balaban J connectivity index is 2.03. The molecule has 1 aliphatic rings. The van der Waals surface area contributed by atoms with Gasteiger partial charge in [0.1, 0.15) is 5.75 Å². The van der Waals surface area contributed by atoms with Crippen LogP contribution in [0, 0.1) is 6.92 Å². The second-order valence-electron chi connectivity index (χ2n) is 5.65. The molecule has 1 heterocycles. The third-order valence-electron chi connectivity index (χ3n) is 3.75. The van der Waals surface area contributed by atoms with Gasteiger partial charge in [-0.1, -0.05) is 6.07 Å². The van der Waals surface area contributed by atoms with Gasteiger partial charge in [0.25, 0.3) is 0 Å². The minimum atomic E-state index is 0.532. The molecule has 1 aliphatic heterocycles. The van der Waals surface area contributed by atoms with Gasteiger partial charge in [-0.15, -0.1) is 0 Å². The monoisotopic (exact) mass is 262 g/mol. The summed E-state index contributed by atoms with van der Waals surface area (Å²) in [5.74, 6) is 0.977. The van der Waals surface area contributed by atoms with Gasteiger partial charge >= 0.3 is 0 Å². The first-order valence-electron chi connectivity index (χ1n) is 7.34. The molecule has 1 fully saturated rings. The van der Waals surface area contributed by atoms with Crippen molar-refractivity contribution in [1.82, 2.24) is 4.90 Å². The summed E-state index contributed by atoms with van der Waals surface area (Å²) in [6, 6.07) is 7.56. The smallest absolute Gasteiger partial charge is 0.142 e. The van der Waals surface area contributed by atoms with Gasteiger partial charge in [0, 0.05) is 25.2 Å². The number of likely N-dealkylation sites (tertiary alicyclic amines) is 1. The maximum absolute atomic E-state index is 5.73. The lowest BCUT2D eigenvalue weighted by Crippen LogP contribution is -2.31. The Hall–Kier alpha value is -1.22. The molecule has 0 amide bonds. The summed E-state index contributed by atoms with van der Waals surface area (Å²) in [6.45, 7) is 11.7. The zero-order valence-corrected chi connectivity index (χ0v) is 12.6. The van der Waals surface area contributed by atoms with Gasteiger partial charge in [-0.2, -0.15) is 0 Å². The highest BCUT2D eigenvalue weighted by Gasteiger charge is 2.24. The third-order valence-corrected chi connectivity index (χ3v) is 3.75. The molecule has 0 spiro atoms. The average Bonchev–Trinajstić information content (AvgIpc) is 2.82. The predicted octanol–water partition coefficient (Wildman–Crippen LogP) is 3.29. The molecular formula is C16H26N2O. The van der Waals surface area contributed by atoms with Crippen LogP contribution in [0.1, 0.15) is 32.8 Å². The molecule has 3 nitrogen and oxygen atoms in total. The van der Waals surface area contributed by atoms with Crippen molar-refractivity contribution in [3.63, 3.8) is 0 Å². The number of benzene rings is 1. The van der Waals surface area contributed by atoms with Gasteiger partial charge in [-0.3, -0.25) is 4.90 Å². The lowest BCUT2D eigenvalue weighted by Gasteiger charge is -2.21. The zero-order valence-electron chi connectivity index (χ0n) is 12.6. The van der Waals surface area contributed by atoms with E-state index in [2.05, 4.69) is 49.2 Å². The maximum Gasteiger partial charge on any atom is 0.142 e. The van der Waals surface area contributed by atoms with E-state index in [0.717, 1.165) is 18.0 Å². The van der Waals surface area contributed by atoms with Crippen molar-refractivity contribution in [3.05, 3.63) is 23.8 Å². The van der Waals surface area contributed by atoms with Crippen molar-refractivity contribution in [2.24, 2.45) is 0 Å². The number of rotatable bonds is 5. The number of hydrogen-bond acceptors (Lipinski definition) is 3. The first-order chi connectivity index (χ1) is 9.10. The van der Waals surface area contributed by atoms with Gasteiger partial charge in [-0.05, 0) is 51.8 Å². The number of aryl methyl sites for hydroxylation is 1. The van der Waals surface area contributed by atoms with E-state index in [-0.39, 0.29) is 0 Å². The molecule has 19 heavy (non-hydrogen) atoms. The van der Waals surface area contributed by atoms with Crippen molar-refractivity contribution < 1.29 is 4.74 Å². The van der Waals surface area contributed by atoms with Crippen LogP contribution < -0.4 is 10.1 Å². The highest BCUT2D eigenvalue weighted by Crippen LogP contribution is 2.28. The van der Waals surface area contributed by atoms with Crippen molar-refractivity contribution >= 4 is 5.69 Å². The molecule has 3 heteroatoms. The number of nitrogens with one attached hydrogen (secondary N) is 1. The van der Waals surface area contributed by atoms with E-state index in [0.29, 0.717) is 18.7 Å². The molecule has 0 aliphatic carbocycles. The Labute approximate surface area is 116 Å². The molecule has 1 unspecified atom stereocenters. The summed E-state index contributed by atoms with van der Waals surface area (Å²) in [4.78, 5) is 2.52. The second kappa shape index (κ2) is 6.29. The Kier molecular flexibility index (Phi) is 4.70. The molecule has 2 rings (SSSR count). The first-order valence-corrected chi connectivity index (χ1v) is 7.34. The van der Waals surface area contributed by atoms with Gasteiger partial charge in [0.2, 0.25) is 0 Å². The molecule has 1 saturated heterocycles. The van der Waals surface area contributed by atoms with Gasteiger partial charge in [-0.25, -0.2) is 0 Å². The molecule has 0 aromatic heterocycles. The van der Waals surface area contributed by atoms with E-state index in [9.17, 15) is 0 Å². The zero-order chi connectivity index (χ0) is 13.8. The van der Waals surface area contributed by atoms with Crippen LogP contribution >= 0.6 is 0 Å². The molecular weight excluding hydrogens is 236 g/mol. The fraction of sp³-hybridized carbons (Fsp3) is 0.625. The number of hydrogen-bond donors (Lipinski definition) is 1. The maximum atomic E-state index is 5.73. The summed E-state index contributed by atoms with van der Waals surface area (Å²) in [5, 5.41) is 3.64. The average molecular weight is 262 g/mol. The summed E-state index contributed by atoms with van der Waals surface area (Å²) in [5.41, 5.74) is 2.37. The van der Waals surface area contributed by atoms with Crippen LogP contribution in [0.15, 0.2) is 18.2 Å². The quantitative estimate of drug-likeness (QED) is 0.881. The van der Waals surface area contributed by atoms with E-state index >= 15 is 0 Å². The standard InChI is InChI=1S/C16H26N2O/c1-5-19-16-10-13(4)6-7-15(16)17-14-8-9-18(11-14)12(2)3/h6-7,10,12,14,17H,5,8-9,11H2,1-4H3. The fourth-order valence-electron chi connectivity index (χ4n) is 2.62. The van der Waals surface area contributed by atoms with E-state index in [1.165, 1.54) is 18.5 Å². The van der Waals surface area contributed by atoms with Crippen LogP contribution in [0.4, 0.5) is 5.69 Å². The SMILES string of the molecule is CCOc1cc(C)ccc1NC1CCN(C(C)C)C1. The van der Waals surface area contributed by atoms with Gasteiger partial charge < -0.3 is 10.1 Å². The van der Waals surface area contributed by atoms with Crippen molar-refractivity contribution in [2.75, 3.05) is 25.0 Å².